The molecule has 1 saturated heterocycles. The predicted octanol–water partition coefficient (Wildman–Crippen LogP) is 2.21. The number of aromatic amines is 1. The molecule has 0 spiro atoms. The highest BCUT2D eigenvalue weighted by Crippen LogP contribution is 2.30. The van der Waals surface area contributed by atoms with E-state index in [4.69, 9.17) is 11.6 Å². The fraction of sp³-hybridized carbons (Fsp3) is 0.375. The van der Waals surface area contributed by atoms with Crippen LogP contribution in [0.1, 0.15) is 31.4 Å². The van der Waals surface area contributed by atoms with Crippen LogP contribution in [0.2, 0.25) is 5.02 Å². The van der Waals surface area contributed by atoms with Crippen molar-refractivity contribution in [2.45, 2.75) is 25.7 Å². The molecule has 7 heteroatoms. The molecule has 0 bridgehead atoms. The average Bonchev–Trinajstić information content (AvgIpc) is 2.58. The van der Waals surface area contributed by atoms with E-state index in [-0.39, 0.29) is 22.4 Å². The number of carbonyl (C=O) groups excluding carboxylic acids is 1. The SMILES string of the molecule is CC(=O)N1CCC(c2nc(-c3ccncc3)[nH]c(=O)c2Cl)CC1. The minimum atomic E-state index is -0.336. The van der Waals surface area contributed by atoms with Crippen LogP contribution in [0.4, 0.5) is 0 Å². The van der Waals surface area contributed by atoms with E-state index in [1.54, 1.807) is 36.4 Å². The number of nitrogens with one attached hydrogen (secondary N) is 1. The summed E-state index contributed by atoms with van der Waals surface area (Å²) in [7, 11) is 0. The van der Waals surface area contributed by atoms with Crippen LogP contribution in [-0.2, 0) is 4.79 Å². The monoisotopic (exact) mass is 332 g/mol. The summed E-state index contributed by atoms with van der Waals surface area (Å²) in [5.74, 6) is 0.651. The molecule has 120 valence electrons. The highest BCUT2D eigenvalue weighted by molar-refractivity contribution is 6.31. The Hall–Kier alpha value is -2.21. The van der Waals surface area contributed by atoms with Crippen molar-refractivity contribution >= 4 is 17.5 Å². The quantitative estimate of drug-likeness (QED) is 0.914. The summed E-state index contributed by atoms with van der Waals surface area (Å²) in [6.45, 7) is 2.89. The van der Waals surface area contributed by atoms with Crippen molar-refractivity contribution in [1.29, 1.82) is 0 Å². The summed E-state index contributed by atoms with van der Waals surface area (Å²) in [6.07, 6.45) is 4.81. The summed E-state index contributed by atoms with van der Waals surface area (Å²) in [5.41, 5.74) is 1.07. The highest BCUT2D eigenvalue weighted by atomic mass is 35.5. The minimum Gasteiger partial charge on any atom is -0.343 e. The largest absolute Gasteiger partial charge is 0.343 e. The summed E-state index contributed by atoms with van der Waals surface area (Å²) in [6, 6.07) is 3.57. The Labute approximate surface area is 138 Å². The fourth-order valence-electron chi connectivity index (χ4n) is 2.86. The molecular formula is C16H17ClN4O2. The third kappa shape index (κ3) is 3.27. The van der Waals surface area contributed by atoms with Crippen LogP contribution in [0.25, 0.3) is 11.4 Å². The molecule has 2 aromatic heterocycles. The van der Waals surface area contributed by atoms with Gasteiger partial charge in [-0.15, -0.1) is 0 Å². The van der Waals surface area contributed by atoms with Crippen molar-refractivity contribution in [3.05, 3.63) is 45.6 Å². The van der Waals surface area contributed by atoms with E-state index in [0.717, 1.165) is 18.4 Å². The first kappa shape index (κ1) is 15.7. The first-order chi connectivity index (χ1) is 11.1. The molecule has 0 unspecified atom stereocenters. The van der Waals surface area contributed by atoms with E-state index >= 15 is 0 Å². The van der Waals surface area contributed by atoms with Gasteiger partial charge in [0.25, 0.3) is 5.56 Å². The van der Waals surface area contributed by atoms with Gasteiger partial charge < -0.3 is 9.88 Å². The first-order valence-electron chi connectivity index (χ1n) is 7.52. The highest BCUT2D eigenvalue weighted by Gasteiger charge is 2.26. The number of piperidine rings is 1. The van der Waals surface area contributed by atoms with Crippen molar-refractivity contribution in [1.82, 2.24) is 19.9 Å². The molecular weight excluding hydrogens is 316 g/mol. The number of hydrogen-bond donors (Lipinski definition) is 1. The number of nitrogens with zero attached hydrogens (tertiary/aromatic N) is 3. The molecule has 1 amide bonds. The number of likely N-dealkylation sites (tertiary alicyclic amines) is 1. The van der Waals surface area contributed by atoms with Crippen LogP contribution in [0.3, 0.4) is 0 Å². The smallest absolute Gasteiger partial charge is 0.270 e. The zero-order valence-corrected chi connectivity index (χ0v) is 13.5. The van der Waals surface area contributed by atoms with Gasteiger partial charge >= 0.3 is 0 Å². The van der Waals surface area contributed by atoms with Crippen LogP contribution in [0.5, 0.6) is 0 Å². The van der Waals surface area contributed by atoms with Crippen molar-refractivity contribution in [3.8, 4) is 11.4 Å². The van der Waals surface area contributed by atoms with E-state index in [2.05, 4.69) is 15.0 Å². The predicted molar refractivity (Wildman–Crippen MR) is 87.3 cm³/mol. The summed E-state index contributed by atoms with van der Waals surface area (Å²) in [5, 5.41) is 0.143. The lowest BCUT2D eigenvalue weighted by Gasteiger charge is -2.31. The molecule has 1 aliphatic heterocycles. The average molecular weight is 333 g/mol. The summed E-state index contributed by atoms with van der Waals surface area (Å²) >= 11 is 6.19. The van der Waals surface area contributed by atoms with E-state index in [9.17, 15) is 9.59 Å². The second-order valence-electron chi connectivity index (χ2n) is 5.63. The molecule has 0 atom stereocenters. The van der Waals surface area contributed by atoms with E-state index < -0.39 is 0 Å². The van der Waals surface area contributed by atoms with Crippen LogP contribution in [0.15, 0.2) is 29.3 Å². The Morgan fingerprint density at radius 1 is 1.30 bits per heavy atom. The van der Waals surface area contributed by atoms with Crippen molar-refractivity contribution in [2.75, 3.05) is 13.1 Å². The Kier molecular flexibility index (Phi) is 4.43. The van der Waals surface area contributed by atoms with Gasteiger partial charge in [-0.2, -0.15) is 0 Å². The lowest BCUT2D eigenvalue weighted by molar-refractivity contribution is -0.129. The molecule has 23 heavy (non-hydrogen) atoms. The molecule has 1 aliphatic rings. The van der Waals surface area contributed by atoms with Crippen LogP contribution >= 0.6 is 11.6 Å². The summed E-state index contributed by atoms with van der Waals surface area (Å²) in [4.78, 5) is 36.6. The third-order valence-electron chi connectivity index (χ3n) is 4.17. The number of halogens is 1. The second-order valence-corrected chi connectivity index (χ2v) is 6.01. The first-order valence-corrected chi connectivity index (χ1v) is 7.89. The Balaban J connectivity index is 1.92. The van der Waals surface area contributed by atoms with Gasteiger partial charge in [0.15, 0.2) is 0 Å². The third-order valence-corrected chi connectivity index (χ3v) is 4.53. The Morgan fingerprint density at radius 2 is 1.96 bits per heavy atom. The van der Waals surface area contributed by atoms with Crippen LogP contribution in [0, 0.1) is 0 Å². The number of hydrogen-bond acceptors (Lipinski definition) is 4. The molecule has 0 saturated carbocycles. The van der Waals surface area contributed by atoms with Gasteiger partial charge in [-0.3, -0.25) is 14.6 Å². The number of pyridine rings is 1. The number of aromatic nitrogens is 3. The molecule has 1 N–H and O–H groups in total. The fourth-order valence-corrected chi connectivity index (χ4v) is 3.10. The topological polar surface area (TPSA) is 79.0 Å². The van der Waals surface area contributed by atoms with Gasteiger partial charge in [0.05, 0.1) is 5.69 Å². The number of rotatable bonds is 2. The molecule has 3 rings (SSSR count). The molecule has 3 heterocycles. The Morgan fingerprint density at radius 3 is 2.57 bits per heavy atom. The van der Waals surface area contributed by atoms with Gasteiger partial charge in [-0.05, 0) is 25.0 Å². The lowest BCUT2D eigenvalue weighted by Crippen LogP contribution is -2.36. The zero-order valence-electron chi connectivity index (χ0n) is 12.8. The maximum absolute atomic E-state index is 12.1. The normalized spacial score (nSPS) is 15.7. The molecule has 6 nitrogen and oxygen atoms in total. The maximum atomic E-state index is 12.1. The van der Waals surface area contributed by atoms with E-state index in [0.29, 0.717) is 24.6 Å². The Bertz CT molecular complexity index is 767. The number of H-pyrrole nitrogens is 1. The molecule has 2 aromatic rings. The molecule has 0 radical (unpaired) electrons. The number of carbonyl (C=O) groups is 1. The number of amides is 1. The summed E-state index contributed by atoms with van der Waals surface area (Å²) < 4.78 is 0. The molecule has 0 aromatic carbocycles. The van der Waals surface area contributed by atoms with Crippen molar-refractivity contribution in [3.63, 3.8) is 0 Å². The van der Waals surface area contributed by atoms with Crippen molar-refractivity contribution in [2.24, 2.45) is 0 Å². The van der Waals surface area contributed by atoms with Crippen LogP contribution in [-0.4, -0.2) is 38.8 Å². The van der Waals surface area contributed by atoms with Gasteiger partial charge in [-0.25, -0.2) is 4.98 Å². The van der Waals surface area contributed by atoms with Crippen molar-refractivity contribution < 1.29 is 4.79 Å². The second kappa shape index (κ2) is 6.50. The molecule has 1 fully saturated rings. The standard InChI is InChI=1S/C16H17ClN4O2/c1-10(22)21-8-4-11(5-9-21)14-13(17)16(23)20-15(19-14)12-2-6-18-7-3-12/h2-3,6-7,11H,4-5,8-9H2,1H3,(H,19,20,23). The zero-order chi connectivity index (χ0) is 16.4. The molecule has 0 aliphatic carbocycles. The van der Waals surface area contributed by atoms with Crippen LogP contribution < -0.4 is 5.56 Å². The minimum absolute atomic E-state index is 0.0749. The van der Waals surface area contributed by atoms with E-state index in [1.165, 1.54) is 0 Å². The van der Waals surface area contributed by atoms with Gasteiger partial charge in [0.2, 0.25) is 5.91 Å². The lowest BCUT2D eigenvalue weighted by atomic mass is 9.93. The van der Waals surface area contributed by atoms with Gasteiger partial charge in [0, 0.05) is 43.9 Å². The maximum Gasteiger partial charge on any atom is 0.270 e. The van der Waals surface area contributed by atoms with Gasteiger partial charge in [-0.1, -0.05) is 11.6 Å². The van der Waals surface area contributed by atoms with Gasteiger partial charge in [0.1, 0.15) is 10.8 Å². The van der Waals surface area contributed by atoms with E-state index in [1.807, 2.05) is 0 Å².